The number of hydrogen-bond donors (Lipinski definition) is 0. The standard InChI is InChI=1S/C22H24N4O4/c1-24-19(27)22(20(28)25(2)21(24)29)12-14-10-13-11-15(30-3)7-8-16(13)23-18(14)26-9-5-4-6-17(22)26/h7-8,10-11,17H,4-6,9,12H2,1-3H3. The fourth-order valence-corrected chi connectivity index (χ4v) is 5.33. The summed E-state index contributed by atoms with van der Waals surface area (Å²) < 4.78 is 5.34. The van der Waals surface area contributed by atoms with Crippen LogP contribution in [0.1, 0.15) is 24.8 Å². The number of aromatic nitrogens is 1. The molecule has 1 aromatic carbocycles. The zero-order valence-corrected chi connectivity index (χ0v) is 17.3. The average molecular weight is 408 g/mol. The first kappa shape index (κ1) is 18.8. The summed E-state index contributed by atoms with van der Waals surface area (Å²) in [7, 11) is 4.53. The summed E-state index contributed by atoms with van der Waals surface area (Å²) in [4.78, 5) is 48.6. The molecule has 0 radical (unpaired) electrons. The third-order valence-corrected chi connectivity index (χ3v) is 6.84. The van der Waals surface area contributed by atoms with Gasteiger partial charge in [0.2, 0.25) is 11.8 Å². The van der Waals surface area contributed by atoms with E-state index in [2.05, 4.69) is 4.90 Å². The Kier molecular flexibility index (Phi) is 4.03. The van der Waals surface area contributed by atoms with Gasteiger partial charge >= 0.3 is 6.03 Å². The molecule has 1 unspecified atom stereocenters. The van der Waals surface area contributed by atoms with Crippen molar-refractivity contribution in [1.29, 1.82) is 0 Å². The van der Waals surface area contributed by atoms with Crippen molar-refractivity contribution in [2.75, 3.05) is 32.6 Å². The van der Waals surface area contributed by atoms with Crippen LogP contribution in [-0.4, -0.2) is 66.4 Å². The van der Waals surface area contributed by atoms with Crippen molar-refractivity contribution in [3.8, 4) is 5.75 Å². The second-order valence-corrected chi connectivity index (χ2v) is 8.39. The van der Waals surface area contributed by atoms with Gasteiger partial charge in [0.05, 0.1) is 18.7 Å². The minimum Gasteiger partial charge on any atom is -0.497 e. The van der Waals surface area contributed by atoms with E-state index in [1.165, 1.54) is 14.1 Å². The highest BCUT2D eigenvalue weighted by Gasteiger charge is 2.63. The lowest BCUT2D eigenvalue weighted by Gasteiger charge is -2.54. The zero-order chi connectivity index (χ0) is 21.2. The number of hydrogen-bond acceptors (Lipinski definition) is 6. The van der Waals surface area contributed by atoms with Gasteiger partial charge in [-0.25, -0.2) is 9.78 Å². The number of carbonyl (C=O) groups is 3. The van der Waals surface area contributed by atoms with Crippen LogP contribution in [0.15, 0.2) is 24.3 Å². The first-order chi connectivity index (χ1) is 14.4. The number of urea groups is 1. The summed E-state index contributed by atoms with van der Waals surface area (Å²) in [6.45, 7) is 0.732. The summed E-state index contributed by atoms with van der Waals surface area (Å²) in [5.74, 6) is 0.735. The van der Waals surface area contributed by atoms with Gasteiger partial charge in [-0.05, 0) is 49.1 Å². The lowest BCUT2D eigenvalue weighted by Crippen LogP contribution is -2.72. The quantitative estimate of drug-likeness (QED) is 0.673. The van der Waals surface area contributed by atoms with Gasteiger partial charge in [-0.2, -0.15) is 0 Å². The first-order valence-electron chi connectivity index (χ1n) is 10.2. The molecule has 8 nitrogen and oxygen atoms in total. The Morgan fingerprint density at radius 1 is 1.07 bits per heavy atom. The maximum atomic E-state index is 13.5. The molecule has 3 aliphatic rings. The van der Waals surface area contributed by atoms with Crippen LogP contribution in [0.2, 0.25) is 0 Å². The van der Waals surface area contributed by atoms with E-state index in [1.807, 2.05) is 24.3 Å². The lowest BCUT2D eigenvalue weighted by molar-refractivity contribution is -0.159. The zero-order valence-electron chi connectivity index (χ0n) is 17.3. The van der Waals surface area contributed by atoms with Crippen LogP contribution in [0, 0.1) is 5.41 Å². The van der Waals surface area contributed by atoms with E-state index in [4.69, 9.17) is 9.72 Å². The van der Waals surface area contributed by atoms with Crippen LogP contribution in [0.25, 0.3) is 10.9 Å². The van der Waals surface area contributed by atoms with E-state index in [9.17, 15) is 14.4 Å². The Labute approximate surface area is 174 Å². The van der Waals surface area contributed by atoms with Crippen molar-refractivity contribution in [2.45, 2.75) is 31.7 Å². The molecular weight excluding hydrogens is 384 g/mol. The predicted molar refractivity (Wildman–Crippen MR) is 110 cm³/mol. The minimum atomic E-state index is -1.31. The Hall–Kier alpha value is -3.16. The minimum absolute atomic E-state index is 0.239. The van der Waals surface area contributed by atoms with Crippen molar-refractivity contribution in [2.24, 2.45) is 5.41 Å². The number of barbiturate groups is 1. The van der Waals surface area contributed by atoms with Crippen LogP contribution in [0.5, 0.6) is 5.75 Å². The summed E-state index contributed by atoms with van der Waals surface area (Å²) >= 11 is 0. The smallest absolute Gasteiger partial charge is 0.332 e. The highest BCUT2D eigenvalue weighted by Crippen LogP contribution is 2.48. The van der Waals surface area contributed by atoms with Gasteiger partial charge in [0.25, 0.3) is 0 Å². The molecule has 0 aliphatic carbocycles. The van der Waals surface area contributed by atoms with Gasteiger partial charge in [0.15, 0.2) is 5.41 Å². The lowest BCUT2D eigenvalue weighted by atomic mass is 9.66. The molecule has 1 atom stereocenters. The van der Waals surface area contributed by atoms with E-state index in [0.717, 1.165) is 63.6 Å². The highest BCUT2D eigenvalue weighted by atomic mass is 16.5. The van der Waals surface area contributed by atoms with E-state index in [0.29, 0.717) is 0 Å². The van der Waals surface area contributed by atoms with Gasteiger partial charge in [0, 0.05) is 32.4 Å². The van der Waals surface area contributed by atoms with Crippen LogP contribution >= 0.6 is 0 Å². The fraction of sp³-hybridized carbons (Fsp3) is 0.455. The summed E-state index contributed by atoms with van der Waals surface area (Å²) in [5, 5.41) is 0.896. The number of carbonyl (C=O) groups excluding carboxylic acids is 3. The Morgan fingerprint density at radius 2 is 1.80 bits per heavy atom. The maximum absolute atomic E-state index is 13.5. The second kappa shape index (κ2) is 6.42. The first-order valence-corrected chi connectivity index (χ1v) is 10.2. The number of amides is 4. The number of anilines is 1. The SMILES string of the molecule is COc1ccc2nc3c(cc2c1)CC1(C(=O)N(C)C(=O)N(C)C1=O)C1CCCCN31. The topological polar surface area (TPSA) is 83.0 Å². The van der Waals surface area contributed by atoms with Gasteiger partial charge in [-0.1, -0.05) is 0 Å². The molecule has 4 heterocycles. The number of ether oxygens (including phenoxy) is 1. The molecule has 0 saturated carbocycles. The maximum Gasteiger partial charge on any atom is 0.332 e. The monoisotopic (exact) mass is 408 g/mol. The predicted octanol–water partition coefficient (Wildman–Crippen LogP) is 2.20. The molecule has 2 saturated heterocycles. The number of methoxy groups -OCH3 is 1. The molecule has 1 spiro atoms. The number of nitrogens with zero attached hydrogens (tertiary/aromatic N) is 4. The molecular formula is C22H24N4O4. The Morgan fingerprint density at radius 3 is 2.50 bits per heavy atom. The largest absolute Gasteiger partial charge is 0.497 e. The third-order valence-electron chi connectivity index (χ3n) is 6.84. The summed E-state index contributed by atoms with van der Waals surface area (Å²) in [6, 6.07) is 6.83. The van der Waals surface area contributed by atoms with E-state index >= 15 is 0 Å². The molecule has 0 N–H and O–H groups in total. The van der Waals surface area contributed by atoms with Crippen molar-refractivity contribution in [1.82, 2.24) is 14.8 Å². The second-order valence-electron chi connectivity index (χ2n) is 8.39. The van der Waals surface area contributed by atoms with Crippen molar-refractivity contribution >= 4 is 34.6 Å². The average Bonchev–Trinajstić information content (AvgIpc) is 2.78. The molecule has 1 aromatic heterocycles. The van der Waals surface area contributed by atoms with Gasteiger partial charge in [-0.15, -0.1) is 0 Å². The van der Waals surface area contributed by atoms with Gasteiger partial charge < -0.3 is 9.64 Å². The van der Waals surface area contributed by atoms with Crippen molar-refractivity contribution < 1.29 is 19.1 Å². The number of imide groups is 2. The van der Waals surface area contributed by atoms with Gasteiger partial charge in [-0.3, -0.25) is 19.4 Å². The molecule has 3 aliphatic heterocycles. The summed E-state index contributed by atoms with van der Waals surface area (Å²) in [6.07, 6.45) is 2.87. The van der Waals surface area contributed by atoms with Crippen LogP contribution in [0.3, 0.4) is 0 Å². The van der Waals surface area contributed by atoms with E-state index in [1.54, 1.807) is 7.11 Å². The molecule has 4 amide bonds. The van der Waals surface area contributed by atoms with E-state index < -0.39 is 23.3 Å². The fourth-order valence-electron chi connectivity index (χ4n) is 5.33. The van der Waals surface area contributed by atoms with Crippen LogP contribution in [0.4, 0.5) is 10.6 Å². The summed E-state index contributed by atoms with van der Waals surface area (Å²) in [5.41, 5.74) is 0.395. The number of fused-ring (bicyclic) bond motifs is 5. The molecule has 8 heteroatoms. The third kappa shape index (κ3) is 2.33. The molecule has 2 fully saturated rings. The molecule has 5 rings (SSSR count). The highest BCUT2D eigenvalue weighted by molar-refractivity contribution is 6.20. The number of piperidine rings is 1. The molecule has 0 bridgehead atoms. The van der Waals surface area contributed by atoms with Crippen LogP contribution in [-0.2, 0) is 16.0 Å². The number of rotatable bonds is 1. The molecule has 156 valence electrons. The number of pyridine rings is 1. The normalized spacial score (nSPS) is 23.1. The Balaban J connectivity index is 1.73. The van der Waals surface area contributed by atoms with Crippen molar-refractivity contribution in [3.05, 3.63) is 29.8 Å². The van der Waals surface area contributed by atoms with Crippen LogP contribution < -0.4 is 9.64 Å². The van der Waals surface area contributed by atoms with Crippen molar-refractivity contribution in [3.63, 3.8) is 0 Å². The Bertz CT molecular complexity index is 1070. The van der Waals surface area contributed by atoms with E-state index in [-0.39, 0.29) is 12.5 Å². The number of benzene rings is 1. The molecule has 30 heavy (non-hydrogen) atoms. The van der Waals surface area contributed by atoms with Gasteiger partial charge in [0.1, 0.15) is 11.6 Å². The molecule has 2 aromatic rings.